The molecule has 2 aromatic rings. The number of ketones is 1. The molecule has 6 aliphatic rings. The number of nitrogens with zero attached hydrogens (tertiary/aromatic N) is 1. The Hall–Kier alpha value is -3.36. The first-order chi connectivity index (χ1) is 22.7. The minimum absolute atomic E-state index is 0.0573. The highest BCUT2D eigenvalue weighted by Gasteiger charge is 2.74. The molecule has 0 heterocycles. The van der Waals surface area contributed by atoms with Gasteiger partial charge in [-0.3, -0.25) is 4.79 Å². The molecular weight excluding hydrogens is 610 g/mol. The van der Waals surface area contributed by atoms with E-state index in [1.165, 1.54) is 6.07 Å². The zero-order valence-corrected chi connectivity index (χ0v) is 28.4. The molecule has 6 nitrogen and oxygen atoms in total. The first-order valence-corrected chi connectivity index (χ1v) is 17.6. The smallest absolute Gasteiger partial charge is 0.317 e. The number of rotatable bonds is 7. The van der Waals surface area contributed by atoms with Crippen LogP contribution >= 0.6 is 0 Å². The molecule has 0 aliphatic heterocycles. The number of hydrogen-bond acceptors (Lipinski definition) is 4. The second kappa shape index (κ2) is 11.3. The third-order valence-electron chi connectivity index (χ3n) is 13.5. The van der Waals surface area contributed by atoms with Crippen LogP contribution in [0.3, 0.4) is 0 Å². The lowest BCUT2D eigenvalue weighted by molar-refractivity contribution is -0.174. The van der Waals surface area contributed by atoms with Crippen molar-refractivity contribution < 1.29 is 28.6 Å². The fourth-order valence-corrected chi connectivity index (χ4v) is 11.0. The van der Waals surface area contributed by atoms with Gasteiger partial charge in [0.1, 0.15) is 0 Å². The molecule has 8 atom stereocenters. The Bertz CT molecular complexity index is 1690. The number of fused-ring (bicyclic) bond motifs is 1. The van der Waals surface area contributed by atoms with Crippen molar-refractivity contribution in [3.05, 3.63) is 95.1 Å². The number of allylic oxidation sites excluding steroid dienone is 4. The van der Waals surface area contributed by atoms with Crippen molar-refractivity contribution in [2.45, 2.75) is 96.9 Å². The van der Waals surface area contributed by atoms with Crippen LogP contribution in [0.4, 0.5) is 13.6 Å². The van der Waals surface area contributed by atoms with Crippen molar-refractivity contribution in [3.63, 3.8) is 0 Å². The van der Waals surface area contributed by atoms with Crippen molar-refractivity contribution in [1.29, 1.82) is 0 Å². The summed E-state index contributed by atoms with van der Waals surface area (Å²) in [6, 6.07) is 12.8. The highest BCUT2D eigenvalue weighted by atomic mass is 19.2. The van der Waals surface area contributed by atoms with E-state index in [9.17, 15) is 28.6 Å². The van der Waals surface area contributed by atoms with Crippen molar-refractivity contribution in [1.82, 2.24) is 10.2 Å². The number of aliphatic hydroxyl groups excluding tert-OH is 1. The molecule has 3 saturated carbocycles. The van der Waals surface area contributed by atoms with Gasteiger partial charge >= 0.3 is 6.03 Å². The van der Waals surface area contributed by atoms with Crippen LogP contribution in [0.1, 0.15) is 88.6 Å². The summed E-state index contributed by atoms with van der Waals surface area (Å²) >= 11 is 0. The Morgan fingerprint density at radius 2 is 1.62 bits per heavy atom. The summed E-state index contributed by atoms with van der Waals surface area (Å²) in [5.41, 5.74) is -1.76. The van der Waals surface area contributed by atoms with Crippen LogP contribution in [0, 0.1) is 45.1 Å². The summed E-state index contributed by atoms with van der Waals surface area (Å²) < 4.78 is 28.6. The molecule has 3 N–H and O–H groups in total. The average Bonchev–Trinajstić information content (AvgIpc) is 3.31. The maximum atomic E-state index is 14.6. The van der Waals surface area contributed by atoms with Crippen LogP contribution in [-0.2, 0) is 6.54 Å². The predicted octanol–water partition coefficient (Wildman–Crippen LogP) is 7.36. The number of carbonyl (C=O) groups is 2. The number of aliphatic hydroxyl groups is 2. The van der Waals surface area contributed by atoms with Gasteiger partial charge in [-0.15, -0.1) is 0 Å². The summed E-state index contributed by atoms with van der Waals surface area (Å²) in [4.78, 5) is 30.0. The standard InChI is InChI=1S/C40H48F2N2O4/c1-25(2)43-35(47)44(23-26-8-6-5-7-9-26)24-39(48)17-14-33-37(39,4)16-13-32-36(3)15-12-28(45)21-38(36)18-19-40(32,33)29(22-38)34(46)27-10-11-30(41)31(42)20-27/h5-11,18-20,22,25,28,32-33,45,48H,12-17,21,23-24H2,1-4H3,(H,43,47). The number of benzene rings is 2. The molecule has 2 spiro atoms. The minimum Gasteiger partial charge on any atom is -0.393 e. The number of nitrogens with one attached hydrogen (secondary N) is 1. The van der Waals surface area contributed by atoms with E-state index < -0.39 is 39.6 Å². The maximum absolute atomic E-state index is 14.6. The Morgan fingerprint density at radius 1 is 0.938 bits per heavy atom. The molecule has 0 radical (unpaired) electrons. The first kappa shape index (κ1) is 33.2. The van der Waals surface area contributed by atoms with Crippen LogP contribution in [0.5, 0.6) is 0 Å². The summed E-state index contributed by atoms with van der Waals surface area (Å²) in [6.07, 6.45) is 10.6. The molecule has 8 rings (SSSR count). The molecule has 256 valence electrons. The van der Waals surface area contributed by atoms with Crippen molar-refractivity contribution in [2.24, 2.45) is 33.5 Å². The van der Waals surface area contributed by atoms with Crippen LogP contribution in [0.25, 0.3) is 0 Å². The number of amides is 2. The summed E-state index contributed by atoms with van der Waals surface area (Å²) in [5.74, 6) is -2.48. The van der Waals surface area contributed by atoms with Gasteiger partial charge in [0.2, 0.25) is 0 Å². The predicted molar refractivity (Wildman–Crippen MR) is 180 cm³/mol. The van der Waals surface area contributed by atoms with Gasteiger partial charge < -0.3 is 20.4 Å². The second-order valence-corrected chi connectivity index (χ2v) is 16.2. The lowest BCUT2D eigenvalue weighted by atomic mass is 9.32. The van der Waals surface area contributed by atoms with E-state index in [1.54, 1.807) is 4.90 Å². The monoisotopic (exact) mass is 658 g/mol. The van der Waals surface area contributed by atoms with Gasteiger partial charge in [0.15, 0.2) is 17.4 Å². The van der Waals surface area contributed by atoms with E-state index >= 15 is 0 Å². The molecule has 8 heteroatoms. The summed E-state index contributed by atoms with van der Waals surface area (Å²) in [6.45, 7) is 8.76. The first-order valence-electron chi connectivity index (χ1n) is 17.6. The molecule has 3 fully saturated rings. The van der Waals surface area contributed by atoms with Crippen LogP contribution < -0.4 is 5.32 Å². The van der Waals surface area contributed by atoms with E-state index in [1.807, 2.05) is 44.2 Å². The average molecular weight is 659 g/mol. The highest BCUT2D eigenvalue weighted by molar-refractivity contribution is 6.10. The number of urea groups is 1. The minimum atomic E-state index is -1.24. The lowest BCUT2D eigenvalue weighted by Gasteiger charge is -2.71. The number of carbonyl (C=O) groups excluding carboxylic acids is 2. The fraction of sp³-hybridized carbons (Fsp3) is 0.550. The van der Waals surface area contributed by atoms with Gasteiger partial charge in [-0.2, -0.15) is 0 Å². The molecule has 2 amide bonds. The summed E-state index contributed by atoms with van der Waals surface area (Å²) in [7, 11) is 0. The molecule has 0 aromatic heterocycles. The largest absolute Gasteiger partial charge is 0.393 e. The molecule has 6 aliphatic carbocycles. The van der Waals surface area contributed by atoms with E-state index in [4.69, 9.17) is 0 Å². The second-order valence-electron chi connectivity index (χ2n) is 16.2. The number of Topliss-reactive ketones (excluding diaryl/α,β-unsaturated/α-hetero) is 1. The Labute approximate surface area is 282 Å². The molecular formula is C40H48F2N2O4. The quantitative estimate of drug-likeness (QED) is 0.214. The zero-order valence-electron chi connectivity index (χ0n) is 28.4. The van der Waals surface area contributed by atoms with E-state index in [-0.39, 0.29) is 47.2 Å². The number of halogens is 2. The molecule has 0 saturated heterocycles. The van der Waals surface area contributed by atoms with Gasteiger partial charge in [-0.25, -0.2) is 13.6 Å². The van der Waals surface area contributed by atoms with E-state index in [0.29, 0.717) is 37.8 Å². The van der Waals surface area contributed by atoms with Crippen molar-refractivity contribution >= 4 is 11.8 Å². The van der Waals surface area contributed by atoms with Gasteiger partial charge in [-0.05, 0) is 99.8 Å². The highest BCUT2D eigenvalue weighted by Crippen LogP contribution is 2.78. The van der Waals surface area contributed by atoms with Crippen LogP contribution in [0.2, 0.25) is 0 Å². The third kappa shape index (κ3) is 4.68. The lowest BCUT2D eigenvalue weighted by Crippen LogP contribution is -2.67. The summed E-state index contributed by atoms with van der Waals surface area (Å²) in [5, 5.41) is 26.8. The SMILES string of the molecule is CC(C)NC(=O)N(Cc1ccccc1)CC1(O)CCC2C34C=CC5(C=C3C(=O)c3ccc(F)c(F)c3)CC(O)CCC5(C)C4CCC21C. The molecule has 2 aromatic carbocycles. The van der Waals surface area contributed by atoms with Crippen molar-refractivity contribution in [2.75, 3.05) is 6.54 Å². The Kier molecular flexibility index (Phi) is 7.83. The number of hydrogen-bond donors (Lipinski definition) is 3. The Balaban J connectivity index is 1.32. The van der Waals surface area contributed by atoms with Gasteiger partial charge in [0.05, 0.1) is 18.2 Å². The molecule has 48 heavy (non-hydrogen) atoms. The van der Waals surface area contributed by atoms with Gasteiger partial charge in [0, 0.05) is 40.0 Å². The maximum Gasteiger partial charge on any atom is 0.317 e. The van der Waals surface area contributed by atoms with Crippen molar-refractivity contribution in [3.8, 4) is 0 Å². The van der Waals surface area contributed by atoms with Gasteiger partial charge in [-0.1, -0.05) is 62.4 Å². The molecule has 2 bridgehead atoms. The zero-order chi connectivity index (χ0) is 34.3. The fourth-order valence-electron chi connectivity index (χ4n) is 11.0. The van der Waals surface area contributed by atoms with Crippen LogP contribution in [0.15, 0.2) is 72.3 Å². The van der Waals surface area contributed by atoms with Crippen LogP contribution in [-0.4, -0.2) is 51.2 Å². The van der Waals surface area contributed by atoms with E-state index in [0.717, 1.165) is 37.0 Å². The molecule has 8 unspecified atom stereocenters. The van der Waals surface area contributed by atoms with E-state index in [2.05, 4.69) is 37.4 Å². The topological polar surface area (TPSA) is 89.9 Å². The third-order valence-corrected chi connectivity index (χ3v) is 13.5. The normalized spacial score (nSPS) is 37.8. The van der Waals surface area contributed by atoms with Gasteiger partial charge in [0.25, 0.3) is 0 Å². The Morgan fingerprint density at radius 3 is 2.33 bits per heavy atom.